The van der Waals surface area contributed by atoms with Gasteiger partial charge in [-0.05, 0) is 51.5 Å². The standard InChI is InChI=1S/C15H32N2/c1-5-14-8-6-7-11-17(14)15(4,12-16)10-9-13(2)3/h13-14H,5-12,16H2,1-4H3. The van der Waals surface area contributed by atoms with E-state index in [9.17, 15) is 0 Å². The number of likely N-dealkylation sites (tertiary alicyclic amines) is 1. The van der Waals surface area contributed by atoms with Crippen LogP contribution in [0, 0.1) is 5.92 Å². The molecule has 1 saturated heterocycles. The van der Waals surface area contributed by atoms with Crippen LogP contribution in [0.3, 0.4) is 0 Å². The molecule has 0 aliphatic carbocycles. The van der Waals surface area contributed by atoms with E-state index in [0.717, 1.165) is 18.5 Å². The zero-order valence-electron chi connectivity index (χ0n) is 12.3. The molecule has 2 heteroatoms. The fraction of sp³-hybridized carbons (Fsp3) is 1.00. The van der Waals surface area contributed by atoms with Crippen molar-refractivity contribution in [2.24, 2.45) is 11.7 Å². The molecule has 17 heavy (non-hydrogen) atoms. The summed E-state index contributed by atoms with van der Waals surface area (Å²) in [5.74, 6) is 0.783. The van der Waals surface area contributed by atoms with Gasteiger partial charge in [0.05, 0.1) is 0 Å². The summed E-state index contributed by atoms with van der Waals surface area (Å²) >= 11 is 0. The summed E-state index contributed by atoms with van der Waals surface area (Å²) in [6.45, 7) is 11.4. The van der Waals surface area contributed by atoms with Crippen LogP contribution in [0.5, 0.6) is 0 Å². The Balaban J connectivity index is 2.67. The van der Waals surface area contributed by atoms with Crippen molar-refractivity contribution in [2.45, 2.75) is 77.8 Å². The highest BCUT2D eigenvalue weighted by Crippen LogP contribution is 2.31. The van der Waals surface area contributed by atoms with E-state index in [2.05, 4.69) is 32.6 Å². The van der Waals surface area contributed by atoms with E-state index in [-0.39, 0.29) is 5.54 Å². The van der Waals surface area contributed by atoms with Crippen molar-refractivity contribution in [1.82, 2.24) is 4.90 Å². The van der Waals surface area contributed by atoms with Crippen LogP contribution in [0.1, 0.15) is 66.2 Å². The molecule has 0 spiro atoms. The van der Waals surface area contributed by atoms with Crippen LogP contribution in [0.2, 0.25) is 0 Å². The minimum atomic E-state index is 0.228. The van der Waals surface area contributed by atoms with E-state index in [1.54, 1.807) is 0 Å². The van der Waals surface area contributed by atoms with E-state index in [4.69, 9.17) is 5.73 Å². The lowest BCUT2D eigenvalue weighted by atomic mass is 9.85. The SMILES string of the molecule is CCC1CCCCN1C(C)(CN)CCC(C)C. The summed E-state index contributed by atoms with van der Waals surface area (Å²) in [6.07, 6.45) is 7.94. The summed E-state index contributed by atoms with van der Waals surface area (Å²) < 4.78 is 0. The number of piperidine rings is 1. The first-order chi connectivity index (χ1) is 8.03. The van der Waals surface area contributed by atoms with Gasteiger partial charge in [-0.3, -0.25) is 4.90 Å². The van der Waals surface area contributed by atoms with Gasteiger partial charge in [0.25, 0.3) is 0 Å². The molecule has 0 aromatic rings. The second-order valence-electron chi connectivity index (χ2n) is 6.38. The monoisotopic (exact) mass is 240 g/mol. The second kappa shape index (κ2) is 6.75. The number of rotatable bonds is 6. The third kappa shape index (κ3) is 3.96. The van der Waals surface area contributed by atoms with E-state index in [0.29, 0.717) is 0 Å². The van der Waals surface area contributed by atoms with Crippen LogP contribution in [0.25, 0.3) is 0 Å². The molecule has 2 atom stereocenters. The largest absolute Gasteiger partial charge is 0.329 e. The van der Waals surface area contributed by atoms with Crippen molar-refractivity contribution in [2.75, 3.05) is 13.1 Å². The molecule has 2 nitrogen and oxygen atoms in total. The molecule has 102 valence electrons. The predicted molar refractivity (Wildman–Crippen MR) is 76.2 cm³/mol. The maximum atomic E-state index is 6.10. The normalized spacial score (nSPS) is 26.1. The quantitative estimate of drug-likeness (QED) is 0.771. The van der Waals surface area contributed by atoms with E-state index in [1.807, 2.05) is 0 Å². The Morgan fingerprint density at radius 2 is 2.06 bits per heavy atom. The van der Waals surface area contributed by atoms with Gasteiger partial charge in [0.1, 0.15) is 0 Å². The molecule has 1 aliphatic heterocycles. The highest BCUT2D eigenvalue weighted by atomic mass is 15.2. The Bertz CT molecular complexity index is 215. The summed E-state index contributed by atoms with van der Waals surface area (Å²) in [5.41, 5.74) is 6.33. The molecule has 0 bridgehead atoms. The summed E-state index contributed by atoms with van der Waals surface area (Å²) in [6, 6.07) is 0.768. The lowest BCUT2D eigenvalue weighted by Crippen LogP contribution is -2.57. The van der Waals surface area contributed by atoms with Gasteiger partial charge < -0.3 is 5.73 Å². The van der Waals surface area contributed by atoms with E-state index >= 15 is 0 Å². The number of hydrogen-bond acceptors (Lipinski definition) is 2. The third-order valence-electron chi connectivity index (χ3n) is 4.49. The molecule has 1 fully saturated rings. The van der Waals surface area contributed by atoms with Gasteiger partial charge >= 0.3 is 0 Å². The zero-order valence-corrected chi connectivity index (χ0v) is 12.3. The van der Waals surface area contributed by atoms with Gasteiger partial charge in [-0.1, -0.05) is 27.2 Å². The predicted octanol–water partition coefficient (Wildman–Crippen LogP) is 3.40. The van der Waals surface area contributed by atoms with Crippen LogP contribution < -0.4 is 5.73 Å². The van der Waals surface area contributed by atoms with E-state index in [1.165, 1.54) is 45.1 Å². The minimum absolute atomic E-state index is 0.228. The zero-order chi connectivity index (χ0) is 12.9. The highest BCUT2D eigenvalue weighted by Gasteiger charge is 2.35. The Labute approximate surface area is 108 Å². The average molecular weight is 240 g/mol. The Hall–Kier alpha value is -0.0800. The molecular weight excluding hydrogens is 208 g/mol. The van der Waals surface area contributed by atoms with Crippen molar-refractivity contribution < 1.29 is 0 Å². The first kappa shape index (κ1) is 15.0. The summed E-state index contributed by atoms with van der Waals surface area (Å²) in [4.78, 5) is 2.72. The Morgan fingerprint density at radius 1 is 1.35 bits per heavy atom. The van der Waals surface area contributed by atoms with E-state index < -0.39 is 0 Å². The molecule has 0 aromatic carbocycles. The average Bonchev–Trinajstić information content (AvgIpc) is 2.36. The molecule has 2 N–H and O–H groups in total. The maximum Gasteiger partial charge on any atom is 0.0306 e. The molecular formula is C15H32N2. The topological polar surface area (TPSA) is 29.3 Å². The molecule has 0 radical (unpaired) electrons. The molecule has 0 saturated carbocycles. The first-order valence-electron chi connectivity index (χ1n) is 7.50. The summed E-state index contributed by atoms with van der Waals surface area (Å²) in [5, 5.41) is 0. The van der Waals surface area contributed by atoms with Crippen molar-refractivity contribution in [3.63, 3.8) is 0 Å². The minimum Gasteiger partial charge on any atom is -0.329 e. The number of nitrogens with two attached hydrogens (primary N) is 1. The van der Waals surface area contributed by atoms with Gasteiger partial charge in [-0.25, -0.2) is 0 Å². The van der Waals surface area contributed by atoms with Crippen molar-refractivity contribution in [3.05, 3.63) is 0 Å². The second-order valence-corrected chi connectivity index (χ2v) is 6.38. The summed E-state index contributed by atoms with van der Waals surface area (Å²) in [7, 11) is 0. The van der Waals surface area contributed by atoms with Crippen LogP contribution >= 0.6 is 0 Å². The van der Waals surface area contributed by atoms with Gasteiger partial charge in [0.15, 0.2) is 0 Å². The number of nitrogens with zero attached hydrogens (tertiary/aromatic N) is 1. The molecule has 0 aromatic heterocycles. The van der Waals surface area contributed by atoms with Gasteiger partial charge in [-0.2, -0.15) is 0 Å². The van der Waals surface area contributed by atoms with Crippen molar-refractivity contribution in [3.8, 4) is 0 Å². The number of hydrogen-bond donors (Lipinski definition) is 1. The van der Waals surface area contributed by atoms with Gasteiger partial charge in [0.2, 0.25) is 0 Å². The van der Waals surface area contributed by atoms with Gasteiger partial charge in [0, 0.05) is 18.1 Å². The molecule has 1 aliphatic rings. The first-order valence-corrected chi connectivity index (χ1v) is 7.50. The van der Waals surface area contributed by atoms with Crippen LogP contribution in [-0.4, -0.2) is 29.6 Å². The lowest BCUT2D eigenvalue weighted by molar-refractivity contribution is 0.0228. The fourth-order valence-corrected chi connectivity index (χ4v) is 3.10. The van der Waals surface area contributed by atoms with Crippen LogP contribution in [0.4, 0.5) is 0 Å². The maximum absolute atomic E-state index is 6.10. The van der Waals surface area contributed by atoms with Crippen LogP contribution in [-0.2, 0) is 0 Å². The molecule has 0 amide bonds. The molecule has 1 rings (SSSR count). The lowest BCUT2D eigenvalue weighted by Gasteiger charge is -2.48. The molecule has 1 heterocycles. The van der Waals surface area contributed by atoms with Crippen LogP contribution in [0.15, 0.2) is 0 Å². The molecule has 2 unspecified atom stereocenters. The van der Waals surface area contributed by atoms with Crippen molar-refractivity contribution >= 4 is 0 Å². The highest BCUT2D eigenvalue weighted by molar-refractivity contribution is 4.93. The third-order valence-corrected chi connectivity index (χ3v) is 4.49. The smallest absolute Gasteiger partial charge is 0.0306 e. The Kier molecular flexibility index (Phi) is 5.94. The fourth-order valence-electron chi connectivity index (χ4n) is 3.10. The van der Waals surface area contributed by atoms with Gasteiger partial charge in [-0.15, -0.1) is 0 Å². The van der Waals surface area contributed by atoms with Crippen molar-refractivity contribution in [1.29, 1.82) is 0 Å². The Morgan fingerprint density at radius 3 is 2.59 bits per heavy atom.